The summed E-state index contributed by atoms with van der Waals surface area (Å²) in [4.78, 5) is 34.3. The summed E-state index contributed by atoms with van der Waals surface area (Å²) in [6.45, 7) is 10.2. The van der Waals surface area contributed by atoms with Crippen LogP contribution in [0.5, 0.6) is 0 Å². The summed E-state index contributed by atoms with van der Waals surface area (Å²) in [5, 5.41) is 3.17. The number of hydrogen-bond acceptors (Lipinski definition) is 4. The number of nitrogens with one attached hydrogen (secondary N) is 2. The van der Waals surface area contributed by atoms with Crippen molar-refractivity contribution in [3.8, 4) is 0 Å². The van der Waals surface area contributed by atoms with Crippen LogP contribution in [0.1, 0.15) is 61.9 Å². The maximum Gasteiger partial charge on any atom is 0.264 e. The van der Waals surface area contributed by atoms with Gasteiger partial charge < -0.3 is 15.2 Å². The Morgan fingerprint density at radius 3 is 2.46 bits per heavy atom. The number of carbonyl (C=O) groups excluding carboxylic acids is 1. The normalized spacial score (nSPS) is 16.5. The van der Waals surface area contributed by atoms with Gasteiger partial charge in [-0.3, -0.25) is 9.59 Å². The highest BCUT2D eigenvalue weighted by Gasteiger charge is 2.28. The van der Waals surface area contributed by atoms with Crippen LogP contribution in [-0.4, -0.2) is 47.5 Å². The summed E-state index contributed by atoms with van der Waals surface area (Å²) < 4.78 is 0. The molecule has 0 spiro atoms. The van der Waals surface area contributed by atoms with E-state index < -0.39 is 0 Å². The molecular formula is C18H30N4O2. The van der Waals surface area contributed by atoms with Crippen molar-refractivity contribution in [2.45, 2.75) is 52.4 Å². The number of aryl methyl sites for hydroxylation is 1. The van der Waals surface area contributed by atoms with E-state index in [0.29, 0.717) is 30.5 Å². The van der Waals surface area contributed by atoms with Gasteiger partial charge in [0.1, 0.15) is 11.4 Å². The SMILES string of the molecule is CNCCC1CCN(C(=O)c2c(C)nc(C(C)(C)C)[nH]c2=O)CC1. The zero-order chi connectivity index (χ0) is 17.9. The number of hydrogen-bond donors (Lipinski definition) is 2. The fourth-order valence-electron chi connectivity index (χ4n) is 3.12. The van der Waals surface area contributed by atoms with Gasteiger partial charge in [0.25, 0.3) is 11.5 Å². The number of likely N-dealkylation sites (tertiary alicyclic amines) is 1. The molecule has 134 valence electrons. The van der Waals surface area contributed by atoms with Gasteiger partial charge in [0.05, 0.1) is 5.69 Å². The third-order valence-corrected chi connectivity index (χ3v) is 4.73. The van der Waals surface area contributed by atoms with Crippen LogP contribution in [0.15, 0.2) is 4.79 Å². The number of aromatic amines is 1. The zero-order valence-corrected chi connectivity index (χ0v) is 15.5. The Morgan fingerprint density at radius 2 is 1.96 bits per heavy atom. The minimum Gasteiger partial charge on any atom is -0.338 e. The maximum atomic E-state index is 12.8. The number of rotatable bonds is 4. The molecule has 0 unspecified atom stereocenters. The average molecular weight is 334 g/mol. The van der Waals surface area contributed by atoms with Crippen molar-refractivity contribution in [2.24, 2.45) is 5.92 Å². The van der Waals surface area contributed by atoms with Crippen molar-refractivity contribution in [1.29, 1.82) is 0 Å². The standard InChI is InChI=1S/C18H30N4O2/c1-12-14(15(23)21-17(20-12)18(2,3)4)16(24)22-10-7-13(8-11-22)6-9-19-5/h13,19H,6-11H2,1-5H3,(H,20,21,23). The zero-order valence-electron chi connectivity index (χ0n) is 15.5. The van der Waals surface area contributed by atoms with Crippen LogP contribution < -0.4 is 10.9 Å². The lowest BCUT2D eigenvalue weighted by Crippen LogP contribution is -2.42. The number of nitrogens with zero attached hydrogens (tertiary/aromatic N) is 2. The largest absolute Gasteiger partial charge is 0.338 e. The molecule has 2 rings (SSSR count). The van der Waals surface area contributed by atoms with Crippen molar-refractivity contribution >= 4 is 5.91 Å². The van der Waals surface area contributed by atoms with Crippen molar-refractivity contribution < 1.29 is 4.79 Å². The predicted octanol–water partition coefficient (Wildman–Crippen LogP) is 1.84. The number of H-pyrrole nitrogens is 1. The molecule has 0 saturated carbocycles. The van der Waals surface area contributed by atoms with E-state index >= 15 is 0 Å². The fourth-order valence-corrected chi connectivity index (χ4v) is 3.12. The van der Waals surface area contributed by atoms with Crippen molar-refractivity contribution in [3.05, 3.63) is 27.4 Å². The molecule has 1 aliphatic rings. The first-order chi connectivity index (χ1) is 11.2. The maximum absolute atomic E-state index is 12.8. The van der Waals surface area contributed by atoms with Gasteiger partial charge in [0.15, 0.2) is 0 Å². The van der Waals surface area contributed by atoms with Crippen LogP contribution in [0.2, 0.25) is 0 Å². The molecule has 0 atom stereocenters. The molecule has 1 aromatic rings. The highest BCUT2D eigenvalue weighted by atomic mass is 16.2. The Balaban J connectivity index is 2.13. The van der Waals surface area contributed by atoms with Gasteiger partial charge >= 0.3 is 0 Å². The van der Waals surface area contributed by atoms with Crippen LogP contribution in [0.4, 0.5) is 0 Å². The molecule has 1 amide bonds. The molecule has 0 aliphatic carbocycles. The van der Waals surface area contributed by atoms with E-state index in [1.54, 1.807) is 11.8 Å². The summed E-state index contributed by atoms with van der Waals surface area (Å²) in [5.74, 6) is 1.09. The molecular weight excluding hydrogens is 304 g/mol. The molecule has 6 nitrogen and oxygen atoms in total. The van der Waals surface area contributed by atoms with E-state index in [9.17, 15) is 9.59 Å². The van der Waals surface area contributed by atoms with Crippen LogP contribution in [0.25, 0.3) is 0 Å². The molecule has 1 aromatic heterocycles. The van der Waals surface area contributed by atoms with Crippen molar-refractivity contribution in [3.63, 3.8) is 0 Å². The molecule has 1 aliphatic heterocycles. The quantitative estimate of drug-likeness (QED) is 0.881. The lowest BCUT2D eigenvalue weighted by atomic mass is 9.93. The van der Waals surface area contributed by atoms with Crippen LogP contribution in [-0.2, 0) is 5.41 Å². The fraction of sp³-hybridized carbons (Fsp3) is 0.722. The third kappa shape index (κ3) is 4.23. The Labute approximate surface area is 144 Å². The van der Waals surface area contributed by atoms with Crippen LogP contribution in [0, 0.1) is 12.8 Å². The third-order valence-electron chi connectivity index (χ3n) is 4.73. The Kier molecular flexibility index (Phi) is 5.80. The average Bonchev–Trinajstić information content (AvgIpc) is 2.51. The second kappa shape index (κ2) is 7.47. The molecule has 6 heteroatoms. The lowest BCUT2D eigenvalue weighted by Gasteiger charge is -2.32. The summed E-state index contributed by atoms with van der Waals surface area (Å²) in [6.07, 6.45) is 3.13. The minimum absolute atomic E-state index is 0.186. The van der Waals surface area contributed by atoms with E-state index in [2.05, 4.69) is 15.3 Å². The summed E-state index contributed by atoms with van der Waals surface area (Å²) >= 11 is 0. The number of aromatic nitrogens is 2. The molecule has 2 heterocycles. The van der Waals surface area contributed by atoms with Crippen molar-refractivity contribution in [2.75, 3.05) is 26.7 Å². The first kappa shape index (κ1) is 18.6. The first-order valence-electron chi connectivity index (χ1n) is 8.79. The van der Waals surface area contributed by atoms with E-state index in [1.807, 2.05) is 27.8 Å². The Hall–Kier alpha value is -1.69. The molecule has 24 heavy (non-hydrogen) atoms. The van der Waals surface area contributed by atoms with Crippen molar-refractivity contribution in [1.82, 2.24) is 20.2 Å². The first-order valence-corrected chi connectivity index (χ1v) is 8.79. The molecule has 0 aromatic carbocycles. The monoisotopic (exact) mass is 334 g/mol. The van der Waals surface area contributed by atoms with Gasteiger partial charge in [0, 0.05) is 18.5 Å². The minimum atomic E-state index is -0.324. The van der Waals surface area contributed by atoms with Gasteiger partial charge in [-0.2, -0.15) is 0 Å². The highest BCUT2D eigenvalue weighted by Crippen LogP contribution is 2.22. The number of amides is 1. The Morgan fingerprint density at radius 1 is 1.33 bits per heavy atom. The summed E-state index contributed by atoms with van der Waals surface area (Å²) in [5.41, 5.74) is 0.134. The Bertz CT molecular complexity index is 637. The van der Waals surface area contributed by atoms with Gasteiger partial charge in [-0.1, -0.05) is 20.8 Å². The molecule has 0 radical (unpaired) electrons. The van der Waals surface area contributed by atoms with Gasteiger partial charge in [-0.25, -0.2) is 4.98 Å². The van der Waals surface area contributed by atoms with E-state index in [0.717, 1.165) is 25.8 Å². The summed E-state index contributed by atoms with van der Waals surface area (Å²) in [6, 6.07) is 0. The van der Waals surface area contributed by atoms with Gasteiger partial charge in [0.2, 0.25) is 0 Å². The van der Waals surface area contributed by atoms with Gasteiger partial charge in [-0.15, -0.1) is 0 Å². The van der Waals surface area contributed by atoms with Crippen LogP contribution >= 0.6 is 0 Å². The second-order valence-corrected chi connectivity index (χ2v) is 7.75. The topological polar surface area (TPSA) is 78.1 Å². The van der Waals surface area contributed by atoms with E-state index in [4.69, 9.17) is 0 Å². The summed E-state index contributed by atoms with van der Waals surface area (Å²) in [7, 11) is 1.96. The molecule has 1 fully saturated rings. The number of piperidine rings is 1. The molecule has 2 N–H and O–H groups in total. The van der Waals surface area contributed by atoms with E-state index in [1.165, 1.54) is 0 Å². The van der Waals surface area contributed by atoms with Crippen LogP contribution in [0.3, 0.4) is 0 Å². The van der Waals surface area contributed by atoms with E-state index in [-0.39, 0.29) is 22.4 Å². The smallest absolute Gasteiger partial charge is 0.264 e. The lowest BCUT2D eigenvalue weighted by molar-refractivity contribution is 0.0683. The second-order valence-electron chi connectivity index (χ2n) is 7.75. The van der Waals surface area contributed by atoms with Gasteiger partial charge in [-0.05, 0) is 45.7 Å². The highest BCUT2D eigenvalue weighted by molar-refractivity contribution is 5.94. The number of carbonyl (C=O) groups is 1. The molecule has 0 bridgehead atoms. The molecule has 1 saturated heterocycles. The predicted molar refractivity (Wildman–Crippen MR) is 95.5 cm³/mol.